The molecule has 3 rings (SSSR count). The zero-order chi connectivity index (χ0) is 18.1. The van der Waals surface area contributed by atoms with E-state index in [2.05, 4.69) is 36.8 Å². The highest BCUT2D eigenvalue weighted by Crippen LogP contribution is 2.42. The highest BCUT2D eigenvalue weighted by molar-refractivity contribution is 9.10. The van der Waals surface area contributed by atoms with E-state index in [1.54, 1.807) is 20.1 Å². The van der Waals surface area contributed by atoms with Gasteiger partial charge in [-0.15, -0.1) is 0 Å². The van der Waals surface area contributed by atoms with Gasteiger partial charge in [0.2, 0.25) is 11.9 Å². The van der Waals surface area contributed by atoms with Crippen LogP contribution < -0.4 is 20.5 Å². The van der Waals surface area contributed by atoms with E-state index >= 15 is 0 Å². The number of benzene rings is 1. The normalized spacial score (nSPS) is 16.2. The van der Waals surface area contributed by atoms with Gasteiger partial charge < -0.3 is 20.5 Å². The molecule has 0 aliphatic carbocycles. The number of nitrogens with one attached hydrogen (secondary N) is 1. The molecule has 1 atom stereocenters. The molecule has 25 heavy (non-hydrogen) atoms. The maximum Gasteiger partial charge on any atom is 0.248 e. The van der Waals surface area contributed by atoms with Crippen LogP contribution in [0, 0.1) is 0 Å². The van der Waals surface area contributed by atoms with Crippen molar-refractivity contribution in [3.8, 4) is 11.5 Å². The van der Waals surface area contributed by atoms with Crippen LogP contribution >= 0.6 is 15.9 Å². The molecule has 0 saturated carbocycles. The molecule has 0 unspecified atom stereocenters. The lowest BCUT2D eigenvalue weighted by Crippen LogP contribution is -2.32. The Labute approximate surface area is 152 Å². The van der Waals surface area contributed by atoms with Crippen molar-refractivity contribution in [1.29, 1.82) is 0 Å². The third-order valence-electron chi connectivity index (χ3n) is 3.83. The van der Waals surface area contributed by atoms with Crippen LogP contribution in [-0.2, 0) is 4.79 Å². The van der Waals surface area contributed by atoms with Gasteiger partial charge in [-0.2, -0.15) is 4.68 Å². The number of nitrogens with two attached hydrogens (primary N) is 1. The van der Waals surface area contributed by atoms with E-state index in [0.717, 1.165) is 5.56 Å². The van der Waals surface area contributed by atoms with Crippen molar-refractivity contribution in [3.05, 3.63) is 33.4 Å². The van der Waals surface area contributed by atoms with Gasteiger partial charge in [-0.3, -0.25) is 4.79 Å². The molecule has 2 aromatic rings. The molecule has 0 bridgehead atoms. The minimum absolute atomic E-state index is 0.374. The van der Waals surface area contributed by atoms with Crippen LogP contribution in [0.25, 0.3) is 0 Å². The fraction of sp³-hybridized carbons (Fsp3) is 0.333. The predicted octanol–water partition coefficient (Wildman–Crippen LogP) is 1.62. The molecule has 10 heteroatoms. The Morgan fingerprint density at radius 1 is 1.48 bits per heavy atom. The van der Waals surface area contributed by atoms with E-state index in [0.29, 0.717) is 39.8 Å². The summed E-state index contributed by atoms with van der Waals surface area (Å²) < 4.78 is 13.3. The molecule has 3 N–H and O–H groups in total. The van der Waals surface area contributed by atoms with Crippen LogP contribution in [0.2, 0.25) is 0 Å². The molecule has 1 aromatic carbocycles. The number of aromatic nitrogens is 4. The van der Waals surface area contributed by atoms with Gasteiger partial charge in [0, 0.05) is 5.70 Å². The molecular formula is C15H17BrN6O3. The summed E-state index contributed by atoms with van der Waals surface area (Å²) in [5.74, 6) is 0.986. The van der Waals surface area contributed by atoms with Crippen molar-refractivity contribution in [2.24, 2.45) is 5.73 Å². The second-order valence-corrected chi connectivity index (χ2v) is 6.20. The maximum atomic E-state index is 12.1. The number of carbonyl (C=O) groups excluding carboxylic acids is 1. The first-order chi connectivity index (χ1) is 12.0. The lowest BCUT2D eigenvalue weighted by atomic mass is 9.95. The van der Waals surface area contributed by atoms with E-state index in [4.69, 9.17) is 15.2 Å². The minimum Gasteiger partial charge on any atom is -0.492 e. The van der Waals surface area contributed by atoms with Crippen molar-refractivity contribution in [3.63, 3.8) is 0 Å². The van der Waals surface area contributed by atoms with E-state index in [1.807, 2.05) is 13.0 Å². The van der Waals surface area contributed by atoms with Crippen LogP contribution in [0.4, 0.5) is 5.95 Å². The first-order valence-corrected chi connectivity index (χ1v) is 8.32. The number of primary amides is 1. The number of hydrogen-bond donors (Lipinski definition) is 2. The van der Waals surface area contributed by atoms with Gasteiger partial charge >= 0.3 is 0 Å². The van der Waals surface area contributed by atoms with Crippen LogP contribution in [0.5, 0.6) is 11.5 Å². The number of halogens is 1. The van der Waals surface area contributed by atoms with Gasteiger partial charge in [-0.05, 0) is 57.9 Å². The highest BCUT2D eigenvalue weighted by atomic mass is 79.9. The average Bonchev–Trinajstić information content (AvgIpc) is 3.01. The Morgan fingerprint density at radius 2 is 2.24 bits per heavy atom. The lowest BCUT2D eigenvalue weighted by molar-refractivity contribution is -0.115. The number of hydrogen-bond acceptors (Lipinski definition) is 7. The molecule has 2 heterocycles. The average molecular weight is 409 g/mol. The topological polar surface area (TPSA) is 117 Å². The van der Waals surface area contributed by atoms with Crippen LogP contribution in [0.3, 0.4) is 0 Å². The Morgan fingerprint density at radius 3 is 2.88 bits per heavy atom. The summed E-state index contributed by atoms with van der Waals surface area (Å²) in [7, 11) is 1.56. The summed E-state index contributed by atoms with van der Waals surface area (Å²) in [4.78, 5) is 12.1. The summed E-state index contributed by atoms with van der Waals surface area (Å²) in [6.07, 6.45) is 0. The number of rotatable bonds is 5. The van der Waals surface area contributed by atoms with E-state index in [1.165, 1.54) is 4.68 Å². The summed E-state index contributed by atoms with van der Waals surface area (Å²) >= 11 is 3.48. The number of fused-ring (bicyclic) bond motifs is 1. The van der Waals surface area contributed by atoms with Crippen molar-refractivity contribution < 1.29 is 14.3 Å². The Balaban J connectivity index is 2.22. The second kappa shape index (κ2) is 6.71. The molecule has 132 valence electrons. The van der Waals surface area contributed by atoms with Crippen LogP contribution in [-0.4, -0.2) is 39.8 Å². The van der Waals surface area contributed by atoms with Gasteiger partial charge in [0.15, 0.2) is 11.5 Å². The molecule has 0 spiro atoms. The molecule has 1 aliphatic heterocycles. The zero-order valence-electron chi connectivity index (χ0n) is 13.9. The molecule has 0 fully saturated rings. The largest absolute Gasteiger partial charge is 0.492 e. The molecule has 0 saturated heterocycles. The molecular weight excluding hydrogens is 392 g/mol. The Hall–Kier alpha value is -2.62. The first kappa shape index (κ1) is 17.2. The van der Waals surface area contributed by atoms with E-state index in [9.17, 15) is 4.79 Å². The number of carbonyl (C=O) groups is 1. The third-order valence-corrected chi connectivity index (χ3v) is 4.42. The number of methoxy groups -OCH3 is 1. The standard InChI is InChI=1S/C15H17BrN6O3/c1-4-25-10-6-8(5-9(16)13(10)24-3)12-11(14(17)23)7(2)18-15-19-20-21-22(12)15/h5-6,12H,4H2,1-3H3,(H2,17,23)(H,18,19,21)/t12-/m0/s1. The maximum absolute atomic E-state index is 12.1. The third kappa shape index (κ3) is 2.93. The summed E-state index contributed by atoms with van der Waals surface area (Å²) in [5, 5.41) is 14.6. The highest BCUT2D eigenvalue weighted by Gasteiger charge is 2.34. The van der Waals surface area contributed by atoms with Gasteiger partial charge in [-0.25, -0.2) is 0 Å². The number of anilines is 1. The van der Waals surface area contributed by atoms with Gasteiger partial charge in [0.25, 0.3) is 0 Å². The molecule has 1 aromatic heterocycles. The number of nitrogens with zero attached hydrogens (tertiary/aromatic N) is 4. The first-order valence-electron chi connectivity index (χ1n) is 7.53. The van der Waals surface area contributed by atoms with Gasteiger partial charge in [0.1, 0.15) is 6.04 Å². The summed E-state index contributed by atoms with van der Waals surface area (Å²) in [5.41, 5.74) is 7.33. The second-order valence-electron chi connectivity index (χ2n) is 5.34. The van der Waals surface area contributed by atoms with Crippen molar-refractivity contribution >= 4 is 27.8 Å². The van der Waals surface area contributed by atoms with Crippen LogP contribution in [0.15, 0.2) is 27.9 Å². The minimum atomic E-state index is -0.579. The van der Waals surface area contributed by atoms with Crippen molar-refractivity contribution in [2.75, 3.05) is 19.0 Å². The zero-order valence-corrected chi connectivity index (χ0v) is 15.5. The van der Waals surface area contributed by atoms with Crippen molar-refractivity contribution in [1.82, 2.24) is 20.2 Å². The molecule has 1 amide bonds. The van der Waals surface area contributed by atoms with Crippen molar-refractivity contribution in [2.45, 2.75) is 19.9 Å². The fourth-order valence-electron chi connectivity index (χ4n) is 2.85. The molecule has 1 aliphatic rings. The lowest BCUT2D eigenvalue weighted by Gasteiger charge is -2.27. The number of amides is 1. The monoisotopic (exact) mass is 408 g/mol. The quantitative estimate of drug-likeness (QED) is 0.771. The van der Waals surface area contributed by atoms with E-state index < -0.39 is 11.9 Å². The summed E-state index contributed by atoms with van der Waals surface area (Å²) in [6.45, 7) is 4.10. The molecule has 0 radical (unpaired) electrons. The number of tetrazole rings is 1. The predicted molar refractivity (Wildman–Crippen MR) is 93.3 cm³/mol. The Bertz CT molecular complexity index is 863. The molecule has 9 nitrogen and oxygen atoms in total. The SMILES string of the molecule is CCOc1cc([C@H]2C(C(N)=O)=C(C)Nc3nnnn32)cc(Br)c1OC. The van der Waals surface area contributed by atoms with Gasteiger partial charge in [-0.1, -0.05) is 5.10 Å². The Kier molecular flexibility index (Phi) is 4.62. The number of allylic oxidation sites excluding steroid dienone is 1. The summed E-state index contributed by atoms with van der Waals surface area (Å²) in [6, 6.07) is 3.05. The smallest absolute Gasteiger partial charge is 0.248 e. The van der Waals surface area contributed by atoms with Gasteiger partial charge in [0.05, 0.1) is 23.8 Å². The van der Waals surface area contributed by atoms with E-state index in [-0.39, 0.29) is 0 Å². The van der Waals surface area contributed by atoms with Crippen LogP contribution in [0.1, 0.15) is 25.5 Å². The fourth-order valence-corrected chi connectivity index (χ4v) is 3.47. The number of ether oxygens (including phenoxy) is 2.